The Morgan fingerprint density at radius 1 is 1.35 bits per heavy atom. The van der Waals surface area contributed by atoms with Crippen LogP contribution in [0.2, 0.25) is 0 Å². The average molecular weight is 318 g/mol. The summed E-state index contributed by atoms with van der Waals surface area (Å²) in [4.78, 5) is 35.9. The summed E-state index contributed by atoms with van der Waals surface area (Å²) in [7, 11) is 3.43. The van der Waals surface area contributed by atoms with Gasteiger partial charge in [-0.3, -0.25) is 14.5 Å². The van der Waals surface area contributed by atoms with Crippen molar-refractivity contribution in [2.24, 2.45) is 0 Å². The van der Waals surface area contributed by atoms with Crippen LogP contribution in [0.5, 0.6) is 0 Å². The fourth-order valence-corrected chi connectivity index (χ4v) is 2.62. The van der Waals surface area contributed by atoms with Crippen molar-refractivity contribution in [3.63, 3.8) is 0 Å². The van der Waals surface area contributed by atoms with Crippen LogP contribution in [0.1, 0.15) is 47.7 Å². The molecule has 0 saturated carbocycles. The lowest BCUT2D eigenvalue weighted by molar-refractivity contribution is -0.121. The summed E-state index contributed by atoms with van der Waals surface area (Å²) >= 11 is 0. The van der Waals surface area contributed by atoms with E-state index in [9.17, 15) is 14.4 Å². The first-order chi connectivity index (χ1) is 11.1. The van der Waals surface area contributed by atoms with Crippen molar-refractivity contribution in [2.75, 3.05) is 14.1 Å². The Kier molecular flexibility index (Phi) is 8.19. The van der Waals surface area contributed by atoms with E-state index < -0.39 is 0 Å². The molecule has 1 amide bonds. The minimum absolute atomic E-state index is 0.0785. The summed E-state index contributed by atoms with van der Waals surface area (Å²) in [5.41, 5.74) is 2.78. The molecule has 5 heteroatoms. The molecule has 1 N–H and O–H groups in total. The second-order valence-electron chi connectivity index (χ2n) is 5.68. The van der Waals surface area contributed by atoms with E-state index in [1.807, 2.05) is 24.1 Å². The Labute approximate surface area is 138 Å². The number of aryl methyl sites for hydroxylation is 1. The highest BCUT2D eigenvalue weighted by atomic mass is 16.1. The molecule has 1 unspecified atom stereocenters. The summed E-state index contributed by atoms with van der Waals surface area (Å²) in [5, 5.41) is 2.56. The van der Waals surface area contributed by atoms with Crippen molar-refractivity contribution in [3.8, 4) is 0 Å². The molecule has 0 aliphatic rings. The van der Waals surface area contributed by atoms with Crippen LogP contribution in [-0.4, -0.2) is 43.5 Å². The molecule has 1 atom stereocenters. The van der Waals surface area contributed by atoms with Gasteiger partial charge in [-0.2, -0.15) is 0 Å². The third kappa shape index (κ3) is 5.60. The molecule has 0 aliphatic carbocycles. The number of likely N-dealkylation sites (N-methyl/N-ethyl adjacent to an activating group) is 1. The number of carbonyl (C=O) groups is 3. The molecule has 0 heterocycles. The first-order valence-corrected chi connectivity index (χ1v) is 7.99. The van der Waals surface area contributed by atoms with E-state index in [2.05, 4.69) is 12.2 Å². The largest absolute Gasteiger partial charge is 0.359 e. The quantitative estimate of drug-likeness (QED) is 0.670. The molecule has 23 heavy (non-hydrogen) atoms. The van der Waals surface area contributed by atoms with E-state index in [-0.39, 0.29) is 11.9 Å². The maximum absolute atomic E-state index is 11.4. The molecule has 0 fully saturated rings. The number of carbonyl (C=O) groups excluding carboxylic acids is 3. The number of benzene rings is 1. The van der Waals surface area contributed by atoms with Crippen LogP contribution in [0.15, 0.2) is 18.2 Å². The van der Waals surface area contributed by atoms with Crippen molar-refractivity contribution in [1.29, 1.82) is 0 Å². The number of rotatable bonds is 10. The van der Waals surface area contributed by atoms with Crippen LogP contribution >= 0.6 is 0 Å². The summed E-state index contributed by atoms with van der Waals surface area (Å²) in [6, 6.07) is 5.37. The average Bonchev–Trinajstić information content (AvgIpc) is 2.56. The molecule has 0 radical (unpaired) electrons. The van der Waals surface area contributed by atoms with Gasteiger partial charge in [-0.1, -0.05) is 31.5 Å². The summed E-state index contributed by atoms with van der Waals surface area (Å²) in [6.45, 7) is 2.61. The predicted molar refractivity (Wildman–Crippen MR) is 90.4 cm³/mol. The van der Waals surface area contributed by atoms with Crippen LogP contribution in [0.3, 0.4) is 0 Å². The second kappa shape index (κ2) is 9.90. The van der Waals surface area contributed by atoms with E-state index in [0.29, 0.717) is 24.9 Å². The molecule has 126 valence electrons. The molecule has 1 aromatic carbocycles. The van der Waals surface area contributed by atoms with Gasteiger partial charge in [-0.15, -0.1) is 0 Å². The van der Waals surface area contributed by atoms with Gasteiger partial charge in [0, 0.05) is 25.6 Å². The Morgan fingerprint density at radius 3 is 2.65 bits per heavy atom. The molecule has 1 rings (SSSR count). The number of aldehydes is 2. The zero-order valence-electron chi connectivity index (χ0n) is 14.2. The molecule has 5 nitrogen and oxygen atoms in total. The van der Waals surface area contributed by atoms with Crippen molar-refractivity contribution < 1.29 is 14.4 Å². The normalized spacial score (nSPS) is 12.0. The van der Waals surface area contributed by atoms with E-state index in [0.717, 1.165) is 36.5 Å². The highest BCUT2D eigenvalue weighted by Crippen LogP contribution is 2.19. The van der Waals surface area contributed by atoms with Gasteiger partial charge >= 0.3 is 0 Å². The number of nitrogens with one attached hydrogen (secondary N) is 1. The Balaban J connectivity index is 2.89. The Bertz CT molecular complexity index is 543. The van der Waals surface area contributed by atoms with Gasteiger partial charge in [0.25, 0.3) is 0 Å². The number of amides is 1. The minimum Gasteiger partial charge on any atom is -0.359 e. The molecule has 1 aromatic rings. The SMILES string of the molecule is CCCc1cccc(C=O)c1CN(C)C(C=O)CCC(=O)NC. The van der Waals surface area contributed by atoms with Gasteiger partial charge in [0.2, 0.25) is 5.91 Å². The van der Waals surface area contributed by atoms with Crippen LogP contribution in [0.25, 0.3) is 0 Å². The lowest BCUT2D eigenvalue weighted by Gasteiger charge is -2.25. The minimum atomic E-state index is -0.346. The highest BCUT2D eigenvalue weighted by Gasteiger charge is 2.18. The van der Waals surface area contributed by atoms with Crippen LogP contribution in [0, 0.1) is 0 Å². The van der Waals surface area contributed by atoms with E-state index in [4.69, 9.17) is 0 Å². The van der Waals surface area contributed by atoms with Gasteiger partial charge < -0.3 is 10.1 Å². The summed E-state index contributed by atoms with van der Waals surface area (Å²) in [5.74, 6) is -0.0785. The van der Waals surface area contributed by atoms with Crippen molar-refractivity contribution in [1.82, 2.24) is 10.2 Å². The zero-order valence-corrected chi connectivity index (χ0v) is 14.2. The smallest absolute Gasteiger partial charge is 0.219 e. The summed E-state index contributed by atoms with van der Waals surface area (Å²) < 4.78 is 0. The number of hydrogen-bond donors (Lipinski definition) is 1. The van der Waals surface area contributed by atoms with Crippen LogP contribution in [-0.2, 0) is 22.6 Å². The molecular formula is C18H26N2O3. The van der Waals surface area contributed by atoms with E-state index in [1.54, 1.807) is 13.1 Å². The lowest BCUT2D eigenvalue weighted by Crippen LogP contribution is -2.34. The van der Waals surface area contributed by atoms with Crippen molar-refractivity contribution >= 4 is 18.5 Å². The maximum Gasteiger partial charge on any atom is 0.219 e. The first-order valence-electron chi connectivity index (χ1n) is 7.99. The molecule has 0 aromatic heterocycles. The molecule has 0 saturated heterocycles. The van der Waals surface area contributed by atoms with E-state index >= 15 is 0 Å². The van der Waals surface area contributed by atoms with Gasteiger partial charge in [0.05, 0.1) is 6.04 Å². The topological polar surface area (TPSA) is 66.5 Å². The lowest BCUT2D eigenvalue weighted by atomic mass is 9.97. The number of nitrogens with zero attached hydrogens (tertiary/aromatic N) is 1. The predicted octanol–water partition coefficient (Wildman–Crippen LogP) is 1.98. The molecular weight excluding hydrogens is 292 g/mol. The van der Waals surface area contributed by atoms with Crippen LogP contribution in [0.4, 0.5) is 0 Å². The van der Waals surface area contributed by atoms with Gasteiger partial charge in [0.15, 0.2) is 0 Å². The van der Waals surface area contributed by atoms with Gasteiger partial charge in [0.1, 0.15) is 12.6 Å². The van der Waals surface area contributed by atoms with Crippen molar-refractivity contribution in [2.45, 2.75) is 45.2 Å². The Hall–Kier alpha value is -2.01. The molecule has 0 aliphatic heterocycles. The van der Waals surface area contributed by atoms with Gasteiger partial charge in [-0.05, 0) is 31.0 Å². The third-order valence-electron chi connectivity index (χ3n) is 4.03. The summed E-state index contributed by atoms with van der Waals surface area (Å²) in [6.07, 6.45) is 4.39. The fourth-order valence-electron chi connectivity index (χ4n) is 2.62. The van der Waals surface area contributed by atoms with Crippen molar-refractivity contribution in [3.05, 3.63) is 34.9 Å². The first kappa shape index (κ1) is 19.0. The highest BCUT2D eigenvalue weighted by molar-refractivity contribution is 5.78. The zero-order chi connectivity index (χ0) is 17.2. The van der Waals surface area contributed by atoms with E-state index in [1.165, 1.54) is 0 Å². The second-order valence-corrected chi connectivity index (χ2v) is 5.68. The Morgan fingerprint density at radius 2 is 2.09 bits per heavy atom. The molecule has 0 spiro atoms. The molecule has 0 bridgehead atoms. The standard InChI is InChI=1S/C18H26N2O3/c1-4-6-14-7-5-8-15(12-21)17(14)11-20(3)16(13-22)9-10-18(23)19-2/h5,7-8,12-13,16H,4,6,9-11H2,1-3H3,(H,19,23). The van der Waals surface area contributed by atoms with Crippen LogP contribution < -0.4 is 5.32 Å². The fraction of sp³-hybridized carbons (Fsp3) is 0.500. The third-order valence-corrected chi connectivity index (χ3v) is 4.03. The monoisotopic (exact) mass is 318 g/mol. The maximum atomic E-state index is 11.4. The van der Waals surface area contributed by atoms with Gasteiger partial charge in [-0.25, -0.2) is 0 Å². The number of hydrogen-bond acceptors (Lipinski definition) is 4.